The zero-order valence-electron chi connectivity index (χ0n) is 16.4. The van der Waals surface area contributed by atoms with Crippen molar-refractivity contribution in [1.82, 2.24) is 0 Å². The minimum atomic E-state index is -1.53. The van der Waals surface area contributed by atoms with E-state index in [1.165, 1.54) is 11.8 Å². The Labute approximate surface area is 165 Å². The van der Waals surface area contributed by atoms with Crippen LogP contribution in [0.3, 0.4) is 0 Å². The molecule has 1 N–H and O–H groups in total. The molecule has 1 saturated heterocycles. The van der Waals surface area contributed by atoms with Crippen LogP contribution >= 0.6 is 11.8 Å². The number of carbonyl (C=O) groups is 1. The SMILES string of the molecule is CSc1ccc(C(C)=NOCCCCC2COC(C)(C(=O)O)OC2C)cc1. The number of nitrogens with zero attached hydrogens (tertiary/aromatic N) is 1. The zero-order valence-corrected chi connectivity index (χ0v) is 17.3. The third-order valence-corrected chi connectivity index (χ3v) is 5.55. The molecule has 1 aromatic rings. The van der Waals surface area contributed by atoms with E-state index in [1.807, 2.05) is 26.0 Å². The lowest BCUT2D eigenvalue weighted by Crippen LogP contribution is -2.51. The van der Waals surface area contributed by atoms with E-state index in [1.54, 1.807) is 11.8 Å². The summed E-state index contributed by atoms with van der Waals surface area (Å²) in [7, 11) is 0. The van der Waals surface area contributed by atoms with E-state index in [0.29, 0.717) is 13.2 Å². The van der Waals surface area contributed by atoms with Crippen LogP contribution in [-0.4, -0.2) is 48.1 Å². The predicted molar refractivity (Wildman–Crippen MR) is 106 cm³/mol. The van der Waals surface area contributed by atoms with Crippen molar-refractivity contribution in [2.24, 2.45) is 11.1 Å². The van der Waals surface area contributed by atoms with Crippen molar-refractivity contribution < 1.29 is 24.2 Å². The topological polar surface area (TPSA) is 77.4 Å². The van der Waals surface area contributed by atoms with Crippen LogP contribution in [-0.2, 0) is 19.1 Å². The first-order valence-corrected chi connectivity index (χ1v) is 10.4. The van der Waals surface area contributed by atoms with E-state index >= 15 is 0 Å². The quantitative estimate of drug-likeness (QED) is 0.293. The summed E-state index contributed by atoms with van der Waals surface area (Å²) in [5.74, 6) is -2.42. The van der Waals surface area contributed by atoms with E-state index < -0.39 is 11.8 Å². The fourth-order valence-electron chi connectivity index (χ4n) is 2.92. The highest BCUT2D eigenvalue weighted by molar-refractivity contribution is 7.98. The lowest BCUT2D eigenvalue weighted by Gasteiger charge is -2.39. The molecule has 1 aliphatic rings. The number of carboxylic acids is 1. The maximum atomic E-state index is 11.2. The molecular weight excluding hydrogens is 366 g/mol. The van der Waals surface area contributed by atoms with Crippen LogP contribution in [0.1, 0.15) is 45.6 Å². The first-order chi connectivity index (χ1) is 12.9. The molecule has 1 heterocycles. The second-order valence-corrected chi connectivity index (χ2v) is 7.76. The standard InChI is InChI=1S/C20H29NO5S/c1-14(16-8-10-18(27-4)11-9-16)21-25-12-6-5-7-17-13-24-20(3,19(22)23)26-15(17)2/h8-11,15,17H,5-7,12-13H2,1-4H3,(H,22,23). The van der Waals surface area contributed by atoms with Crippen LogP contribution in [0.15, 0.2) is 34.3 Å². The molecule has 27 heavy (non-hydrogen) atoms. The Morgan fingerprint density at radius 3 is 2.67 bits per heavy atom. The van der Waals surface area contributed by atoms with Crippen molar-refractivity contribution in [3.05, 3.63) is 29.8 Å². The Morgan fingerprint density at radius 2 is 2.07 bits per heavy atom. The molecule has 2 rings (SSSR count). The Morgan fingerprint density at radius 1 is 1.37 bits per heavy atom. The third kappa shape index (κ3) is 6.23. The van der Waals surface area contributed by atoms with Crippen LogP contribution in [0.25, 0.3) is 0 Å². The Kier molecular flexibility index (Phi) is 8.13. The van der Waals surface area contributed by atoms with Gasteiger partial charge in [0.1, 0.15) is 6.61 Å². The summed E-state index contributed by atoms with van der Waals surface area (Å²) in [6.45, 7) is 6.24. The van der Waals surface area contributed by atoms with Gasteiger partial charge in [-0.1, -0.05) is 17.3 Å². The zero-order chi connectivity index (χ0) is 19.9. The van der Waals surface area contributed by atoms with Crippen molar-refractivity contribution >= 4 is 23.4 Å². The number of hydrogen-bond donors (Lipinski definition) is 1. The van der Waals surface area contributed by atoms with Crippen LogP contribution in [0.2, 0.25) is 0 Å². The number of unbranched alkanes of at least 4 members (excludes halogenated alkanes) is 1. The minimum absolute atomic E-state index is 0.148. The molecule has 0 aromatic heterocycles. The summed E-state index contributed by atoms with van der Waals surface area (Å²) in [4.78, 5) is 17.8. The monoisotopic (exact) mass is 395 g/mol. The molecule has 150 valence electrons. The second kappa shape index (κ2) is 10.1. The number of aliphatic carboxylic acids is 1. The van der Waals surface area contributed by atoms with Gasteiger partial charge in [0.05, 0.1) is 18.4 Å². The van der Waals surface area contributed by atoms with Crippen molar-refractivity contribution in [3.8, 4) is 0 Å². The van der Waals surface area contributed by atoms with Crippen molar-refractivity contribution in [3.63, 3.8) is 0 Å². The Bertz CT molecular complexity index is 648. The Hall–Kier alpha value is -1.57. The number of benzene rings is 1. The minimum Gasteiger partial charge on any atom is -0.477 e. The molecular formula is C20H29NO5S. The van der Waals surface area contributed by atoms with Gasteiger partial charge in [-0.25, -0.2) is 4.79 Å². The molecule has 1 aromatic carbocycles. The Balaban J connectivity index is 1.66. The summed E-state index contributed by atoms with van der Waals surface area (Å²) in [6, 6.07) is 8.24. The first kappa shape index (κ1) is 21.7. The van der Waals surface area contributed by atoms with E-state index in [-0.39, 0.29) is 12.0 Å². The normalized spacial score (nSPS) is 26.0. The molecule has 0 radical (unpaired) electrons. The van der Waals surface area contributed by atoms with Gasteiger partial charge in [0, 0.05) is 17.7 Å². The van der Waals surface area contributed by atoms with Gasteiger partial charge >= 0.3 is 5.97 Å². The molecule has 1 aliphatic heterocycles. The molecule has 3 atom stereocenters. The molecule has 6 nitrogen and oxygen atoms in total. The molecule has 0 bridgehead atoms. The van der Waals surface area contributed by atoms with Gasteiger partial charge < -0.3 is 19.4 Å². The summed E-state index contributed by atoms with van der Waals surface area (Å²) < 4.78 is 11.0. The average molecular weight is 396 g/mol. The summed E-state index contributed by atoms with van der Waals surface area (Å²) in [5.41, 5.74) is 1.91. The highest BCUT2D eigenvalue weighted by Crippen LogP contribution is 2.29. The van der Waals surface area contributed by atoms with Gasteiger partial charge in [-0.3, -0.25) is 0 Å². The molecule has 7 heteroatoms. The molecule has 0 spiro atoms. The number of hydrogen-bond acceptors (Lipinski definition) is 6. The highest BCUT2D eigenvalue weighted by atomic mass is 32.2. The van der Waals surface area contributed by atoms with Crippen molar-refractivity contribution in [2.75, 3.05) is 19.5 Å². The highest BCUT2D eigenvalue weighted by Gasteiger charge is 2.43. The first-order valence-electron chi connectivity index (χ1n) is 9.22. The maximum absolute atomic E-state index is 11.2. The number of rotatable bonds is 9. The predicted octanol–water partition coefficient (Wildman–Crippen LogP) is 4.17. The van der Waals surface area contributed by atoms with E-state index in [0.717, 1.165) is 30.5 Å². The van der Waals surface area contributed by atoms with Crippen LogP contribution < -0.4 is 0 Å². The fraction of sp³-hybridized carbons (Fsp3) is 0.600. The molecule has 0 aliphatic carbocycles. The van der Waals surface area contributed by atoms with E-state index in [9.17, 15) is 4.79 Å². The average Bonchev–Trinajstić information content (AvgIpc) is 2.65. The van der Waals surface area contributed by atoms with Gasteiger partial charge in [-0.05, 0) is 57.1 Å². The third-order valence-electron chi connectivity index (χ3n) is 4.81. The van der Waals surface area contributed by atoms with Crippen molar-refractivity contribution in [1.29, 1.82) is 0 Å². The lowest BCUT2D eigenvalue weighted by molar-refractivity contribution is -0.292. The maximum Gasteiger partial charge on any atom is 0.364 e. The second-order valence-electron chi connectivity index (χ2n) is 6.88. The number of oxime groups is 1. The van der Waals surface area contributed by atoms with Gasteiger partial charge in [0.2, 0.25) is 0 Å². The van der Waals surface area contributed by atoms with E-state index in [4.69, 9.17) is 19.4 Å². The van der Waals surface area contributed by atoms with Crippen LogP contribution in [0.5, 0.6) is 0 Å². The summed E-state index contributed by atoms with van der Waals surface area (Å²) in [6.07, 6.45) is 4.63. The van der Waals surface area contributed by atoms with E-state index in [2.05, 4.69) is 23.5 Å². The lowest BCUT2D eigenvalue weighted by atomic mass is 9.96. The molecule has 0 amide bonds. The number of thioether (sulfide) groups is 1. The fourth-order valence-corrected chi connectivity index (χ4v) is 3.33. The van der Waals surface area contributed by atoms with Gasteiger partial charge in [0.25, 0.3) is 5.79 Å². The van der Waals surface area contributed by atoms with Gasteiger partial charge in [-0.2, -0.15) is 0 Å². The largest absolute Gasteiger partial charge is 0.477 e. The summed E-state index contributed by atoms with van der Waals surface area (Å²) in [5, 5.41) is 13.3. The van der Waals surface area contributed by atoms with Gasteiger partial charge in [-0.15, -0.1) is 11.8 Å². The van der Waals surface area contributed by atoms with Crippen molar-refractivity contribution in [2.45, 2.75) is 56.8 Å². The van der Waals surface area contributed by atoms with Crippen LogP contribution in [0, 0.1) is 5.92 Å². The smallest absolute Gasteiger partial charge is 0.364 e. The molecule has 0 saturated carbocycles. The molecule has 3 unspecified atom stereocenters. The summed E-state index contributed by atoms with van der Waals surface area (Å²) >= 11 is 1.71. The number of ether oxygens (including phenoxy) is 2. The van der Waals surface area contributed by atoms with Crippen LogP contribution in [0.4, 0.5) is 0 Å². The molecule has 1 fully saturated rings. The van der Waals surface area contributed by atoms with Gasteiger partial charge in [0.15, 0.2) is 0 Å². The number of carboxylic acid groups (broad SMARTS) is 1.